The predicted molar refractivity (Wildman–Crippen MR) is 580 cm³/mol. The summed E-state index contributed by atoms with van der Waals surface area (Å²) in [4.78, 5) is 0. The van der Waals surface area contributed by atoms with E-state index < -0.39 is 0 Å². The minimum atomic E-state index is -0.103. The molecule has 6 aromatic heterocycles. The maximum absolute atomic E-state index is 2.50. The Morgan fingerprint density at radius 2 is 0.409 bits per heavy atom. The summed E-state index contributed by atoms with van der Waals surface area (Å²) in [5.41, 5.74) is 42.0. The number of aryl methyl sites for hydroxylation is 2. The molecular formula is C131H92N6. The molecule has 0 fully saturated rings. The third-order valence-corrected chi connectivity index (χ3v) is 28.8. The number of para-hydroxylation sites is 7. The molecule has 1 aliphatic carbocycles. The zero-order chi connectivity index (χ0) is 91.1. The van der Waals surface area contributed by atoms with Gasteiger partial charge in [0, 0.05) is 98.5 Å². The van der Waals surface area contributed by atoms with E-state index in [9.17, 15) is 0 Å². The summed E-state index contributed by atoms with van der Waals surface area (Å²) in [6.45, 7) is 9.09. The fourth-order valence-corrected chi connectivity index (χ4v) is 22.5. The predicted octanol–water partition coefficient (Wildman–Crippen LogP) is 34.9. The van der Waals surface area contributed by atoms with Crippen LogP contribution >= 0.6 is 0 Å². The summed E-state index contributed by atoms with van der Waals surface area (Å²) in [5.74, 6) is 0. The van der Waals surface area contributed by atoms with Crippen molar-refractivity contribution in [3.63, 3.8) is 0 Å². The third kappa shape index (κ3) is 13.3. The molecule has 0 unspecified atom stereocenters. The molecule has 137 heavy (non-hydrogen) atoms. The van der Waals surface area contributed by atoms with Crippen molar-refractivity contribution in [1.29, 1.82) is 0 Å². The van der Waals surface area contributed by atoms with Gasteiger partial charge in [-0.3, -0.25) is 0 Å². The molecule has 28 rings (SSSR count). The van der Waals surface area contributed by atoms with E-state index in [1.807, 2.05) is 0 Å². The lowest BCUT2D eigenvalue weighted by Gasteiger charge is -2.25. The van der Waals surface area contributed by atoms with Gasteiger partial charge >= 0.3 is 0 Å². The highest BCUT2D eigenvalue weighted by Crippen LogP contribution is 2.53. The first-order valence-corrected chi connectivity index (χ1v) is 47.5. The summed E-state index contributed by atoms with van der Waals surface area (Å²) in [6, 6.07) is 177. The number of benzene rings is 21. The van der Waals surface area contributed by atoms with E-state index in [4.69, 9.17) is 0 Å². The second-order valence-corrected chi connectivity index (χ2v) is 37.2. The van der Waals surface area contributed by atoms with Crippen molar-refractivity contribution in [3.05, 3.63) is 508 Å². The van der Waals surface area contributed by atoms with E-state index in [-0.39, 0.29) is 5.41 Å². The van der Waals surface area contributed by atoms with Crippen molar-refractivity contribution < 1.29 is 0 Å². The molecule has 6 heteroatoms. The van der Waals surface area contributed by atoms with Crippen molar-refractivity contribution in [1.82, 2.24) is 27.4 Å². The van der Waals surface area contributed by atoms with Gasteiger partial charge in [-0.25, -0.2) is 0 Å². The lowest BCUT2D eigenvalue weighted by Crippen LogP contribution is -2.17. The van der Waals surface area contributed by atoms with E-state index >= 15 is 0 Å². The van der Waals surface area contributed by atoms with Crippen LogP contribution in [0.15, 0.2) is 485 Å². The molecule has 646 valence electrons. The second kappa shape index (κ2) is 32.4. The van der Waals surface area contributed by atoms with Gasteiger partial charge < -0.3 is 27.4 Å². The first kappa shape index (κ1) is 80.3. The molecule has 0 bridgehead atoms. The lowest BCUT2D eigenvalue weighted by molar-refractivity contribution is 0.656. The van der Waals surface area contributed by atoms with Crippen LogP contribution in [-0.4, -0.2) is 27.4 Å². The van der Waals surface area contributed by atoms with E-state index in [2.05, 4.69) is 540 Å². The number of fused-ring (bicyclic) bond motifs is 21. The van der Waals surface area contributed by atoms with Crippen molar-refractivity contribution in [2.45, 2.75) is 33.1 Å². The maximum atomic E-state index is 2.50. The van der Waals surface area contributed by atoms with Crippen molar-refractivity contribution in [2.75, 3.05) is 0 Å². The van der Waals surface area contributed by atoms with Gasteiger partial charge in [0.25, 0.3) is 0 Å². The molecular weight excluding hydrogens is 1660 g/mol. The first-order valence-electron chi connectivity index (χ1n) is 47.5. The van der Waals surface area contributed by atoms with Crippen LogP contribution in [0.1, 0.15) is 36.1 Å². The van der Waals surface area contributed by atoms with Crippen LogP contribution in [0.5, 0.6) is 0 Å². The van der Waals surface area contributed by atoms with Crippen LogP contribution in [-0.2, 0) is 5.41 Å². The average molecular weight is 1750 g/mol. The van der Waals surface area contributed by atoms with Crippen LogP contribution in [0.2, 0.25) is 0 Å². The molecule has 6 heterocycles. The summed E-state index contributed by atoms with van der Waals surface area (Å²) in [6.07, 6.45) is 0. The third-order valence-electron chi connectivity index (χ3n) is 28.8. The van der Waals surface area contributed by atoms with E-state index in [1.165, 1.54) is 254 Å². The standard InChI is InChI=1S/C45H32N2.2C43H30N2/c1-45(2)38-19-9-6-15-32(38)35-18-12-22-43(44(35)45)47-40-21-11-8-17-34(40)37-28-30(24-26-42(37)47)29-23-25-41-36(27-29)33-16-7-10-20-39(33)46(41)31-13-4-3-5-14-31;1-29-19-22-37-39-28-33(20-23-41(39)44(43(37)25-29)34-14-6-3-7-15-34)32-21-24-42-38(27-32)36-17-8-9-18-40(36)45(42)35-16-10-13-31(26-35)30-11-4-2-5-12-30;1-29-19-22-41-37(25-29)39-28-33(21-24-43(39)44(41)34-14-6-3-7-15-34)32-20-23-42-38(27-32)36-17-8-9-18-40(36)45(42)35-16-10-13-31(26-35)30-11-4-2-5-12-30/h3-28H,1-2H3;2*2-28H,1H3. The van der Waals surface area contributed by atoms with Gasteiger partial charge in [-0.2, -0.15) is 0 Å². The number of aromatic nitrogens is 6. The molecule has 0 spiro atoms. The Balaban J connectivity index is 0.000000106. The van der Waals surface area contributed by atoms with Crippen LogP contribution in [0, 0.1) is 13.8 Å². The van der Waals surface area contributed by atoms with Gasteiger partial charge in [0.15, 0.2) is 0 Å². The molecule has 0 radical (unpaired) electrons. The summed E-state index contributed by atoms with van der Waals surface area (Å²) < 4.78 is 14.5. The summed E-state index contributed by atoms with van der Waals surface area (Å²) in [7, 11) is 0. The van der Waals surface area contributed by atoms with Gasteiger partial charge in [0.2, 0.25) is 0 Å². The zero-order valence-corrected chi connectivity index (χ0v) is 76.4. The Morgan fingerprint density at radius 3 is 0.818 bits per heavy atom. The number of rotatable bonds is 11. The van der Waals surface area contributed by atoms with Gasteiger partial charge in [0.1, 0.15) is 0 Å². The van der Waals surface area contributed by atoms with Crippen LogP contribution < -0.4 is 0 Å². The number of hydrogen-bond acceptors (Lipinski definition) is 0. The fourth-order valence-electron chi connectivity index (χ4n) is 22.5. The molecule has 0 saturated heterocycles. The molecule has 27 aromatic rings. The summed E-state index contributed by atoms with van der Waals surface area (Å²) in [5, 5.41) is 15.2. The normalized spacial score (nSPS) is 12.3. The molecule has 6 nitrogen and oxygen atoms in total. The van der Waals surface area contributed by atoms with Crippen molar-refractivity contribution in [3.8, 4) is 101 Å². The zero-order valence-electron chi connectivity index (χ0n) is 76.4. The molecule has 0 N–H and O–H groups in total. The molecule has 1 aliphatic rings. The van der Waals surface area contributed by atoms with E-state index in [1.54, 1.807) is 0 Å². The smallest absolute Gasteiger partial charge is 0.0543 e. The molecule has 0 saturated carbocycles. The minimum Gasteiger partial charge on any atom is -0.309 e. The van der Waals surface area contributed by atoms with Crippen molar-refractivity contribution in [2.24, 2.45) is 0 Å². The first-order chi connectivity index (χ1) is 67.5. The molecule has 0 atom stereocenters. The van der Waals surface area contributed by atoms with Crippen LogP contribution in [0.25, 0.3) is 232 Å². The van der Waals surface area contributed by atoms with Gasteiger partial charge in [-0.1, -0.05) is 323 Å². The quantitative estimate of drug-likeness (QED) is 0.124. The Bertz CT molecular complexity index is 9500. The Hall–Kier alpha value is -17.6. The topological polar surface area (TPSA) is 29.6 Å². The van der Waals surface area contributed by atoms with Crippen LogP contribution in [0.4, 0.5) is 0 Å². The van der Waals surface area contributed by atoms with Crippen molar-refractivity contribution >= 4 is 131 Å². The Kier molecular flexibility index (Phi) is 19.0. The number of hydrogen-bond donors (Lipinski definition) is 0. The maximum Gasteiger partial charge on any atom is 0.0543 e. The molecule has 0 aliphatic heterocycles. The van der Waals surface area contributed by atoms with Gasteiger partial charge in [-0.05, 0) is 279 Å². The monoisotopic (exact) mass is 1750 g/mol. The highest BCUT2D eigenvalue weighted by molar-refractivity contribution is 6.17. The molecule has 21 aromatic carbocycles. The van der Waals surface area contributed by atoms with Crippen LogP contribution in [0.3, 0.4) is 0 Å². The van der Waals surface area contributed by atoms with E-state index in [0.29, 0.717) is 0 Å². The fraction of sp³-hybridized carbons (Fsp3) is 0.0382. The summed E-state index contributed by atoms with van der Waals surface area (Å²) >= 11 is 0. The average Bonchev–Trinajstić information content (AvgIpc) is 1.55. The Labute approximate surface area is 794 Å². The second-order valence-electron chi connectivity index (χ2n) is 37.2. The SMILES string of the molecule is CC1(C)c2ccccc2-c2cccc(-n3c4ccccc4c4cc(-c5ccc6c(c5)c5ccccc5n6-c5ccccc5)ccc43)c21.Cc1ccc2c(c1)c1cc(-c3ccc4c(c3)c3ccccc3n4-c3cccc(-c4ccccc4)c3)ccc1n2-c1ccccc1.Cc1ccc2c3cc(-c4ccc5c(c4)c4ccccc4n5-c4cccc(-c5ccccc5)c4)ccc3n(-c3ccccc3)c2c1. The number of nitrogens with zero attached hydrogens (tertiary/aromatic N) is 6. The van der Waals surface area contributed by atoms with E-state index in [0.717, 1.165) is 0 Å². The lowest BCUT2D eigenvalue weighted by atomic mass is 9.81. The highest BCUT2D eigenvalue weighted by Gasteiger charge is 2.38. The largest absolute Gasteiger partial charge is 0.309 e. The minimum absolute atomic E-state index is 0.103. The highest BCUT2D eigenvalue weighted by atomic mass is 15.0. The Morgan fingerprint density at radius 1 is 0.153 bits per heavy atom. The van der Waals surface area contributed by atoms with Gasteiger partial charge in [-0.15, -0.1) is 0 Å². The van der Waals surface area contributed by atoms with Gasteiger partial charge in [0.05, 0.1) is 71.9 Å². The molecule has 0 amide bonds.